The molecule has 0 aliphatic carbocycles. The summed E-state index contributed by atoms with van der Waals surface area (Å²) in [5.41, 5.74) is 4.04. The molecule has 0 fully saturated rings. The minimum absolute atomic E-state index is 0.000277. The van der Waals surface area contributed by atoms with Crippen molar-refractivity contribution in [3.8, 4) is 0 Å². The van der Waals surface area contributed by atoms with Crippen molar-refractivity contribution >= 4 is 18.6 Å². The second-order valence-electron chi connectivity index (χ2n) is 4.12. The van der Waals surface area contributed by atoms with E-state index in [1.807, 2.05) is 0 Å². The molecule has 1 aromatic carbocycles. The number of carbonyl (C=O) groups is 1. The lowest BCUT2D eigenvalue weighted by Gasteiger charge is -2.19. The lowest BCUT2D eigenvalue weighted by molar-refractivity contribution is -0.142. The summed E-state index contributed by atoms with van der Waals surface area (Å²) in [5, 5.41) is 26.5. The molecule has 1 atom stereocenters. The van der Waals surface area contributed by atoms with Crippen molar-refractivity contribution in [2.75, 3.05) is 0 Å². The first kappa shape index (κ1) is 13.6. The maximum atomic E-state index is 13.5. The fraction of sp³-hybridized carbons (Fsp3) is 0.300. The van der Waals surface area contributed by atoms with Gasteiger partial charge in [0.05, 0.1) is 0 Å². The van der Waals surface area contributed by atoms with Crippen LogP contribution < -0.4 is 11.2 Å². The first-order valence-electron chi connectivity index (χ1n) is 4.91. The van der Waals surface area contributed by atoms with Crippen molar-refractivity contribution in [3.63, 3.8) is 0 Å². The van der Waals surface area contributed by atoms with E-state index in [-0.39, 0.29) is 17.4 Å². The van der Waals surface area contributed by atoms with Crippen LogP contribution in [0.15, 0.2) is 18.2 Å². The van der Waals surface area contributed by atoms with Crippen molar-refractivity contribution < 1.29 is 24.3 Å². The van der Waals surface area contributed by atoms with Crippen LogP contribution in [0.25, 0.3) is 0 Å². The van der Waals surface area contributed by atoms with E-state index < -0.39 is 24.4 Å². The predicted octanol–water partition coefficient (Wildman–Crippen LogP) is -1.15. The van der Waals surface area contributed by atoms with Crippen LogP contribution in [0, 0.1) is 5.82 Å². The molecule has 1 aromatic rings. The summed E-state index contributed by atoms with van der Waals surface area (Å²) in [4.78, 5) is 10.8. The molecule has 17 heavy (non-hydrogen) atoms. The van der Waals surface area contributed by atoms with Crippen molar-refractivity contribution in [1.82, 2.24) is 0 Å². The van der Waals surface area contributed by atoms with Gasteiger partial charge in [-0.2, -0.15) is 0 Å². The normalized spacial score (nSPS) is 14.2. The largest absolute Gasteiger partial charge is 0.488 e. The third-order valence-electron chi connectivity index (χ3n) is 2.42. The van der Waals surface area contributed by atoms with E-state index in [2.05, 4.69) is 0 Å². The minimum atomic E-state index is -1.76. The highest BCUT2D eigenvalue weighted by Gasteiger charge is 2.29. The number of halogens is 1. The number of hydrogen-bond acceptors (Lipinski definition) is 4. The molecule has 0 aliphatic heterocycles. The number of hydrogen-bond donors (Lipinski definition) is 4. The average molecular weight is 241 g/mol. The van der Waals surface area contributed by atoms with Gasteiger partial charge >= 0.3 is 13.1 Å². The highest BCUT2D eigenvalue weighted by molar-refractivity contribution is 6.58. The molecule has 5 N–H and O–H groups in total. The molecule has 0 amide bonds. The second-order valence-corrected chi connectivity index (χ2v) is 4.12. The second kappa shape index (κ2) is 4.83. The molecule has 0 heterocycles. The summed E-state index contributed by atoms with van der Waals surface area (Å²) >= 11 is 0. The summed E-state index contributed by atoms with van der Waals surface area (Å²) < 4.78 is 13.5. The first-order chi connectivity index (χ1) is 7.74. The zero-order chi connectivity index (χ0) is 13.2. The minimum Gasteiger partial charge on any atom is -0.480 e. The highest BCUT2D eigenvalue weighted by atomic mass is 19.1. The van der Waals surface area contributed by atoms with Crippen LogP contribution in [0.5, 0.6) is 0 Å². The number of nitrogens with two attached hydrogens (primary N) is 1. The van der Waals surface area contributed by atoms with Crippen LogP contribution in [0.3, 0.4) is 0 Å². The summed E-state index contributed by atoms with van der Waals surface area (Å²) in [5.74, 6) is -1.95. The van der Waals surface area contributed by atoms with Crippen LogP contribution in [-0.2, 0) is 11.2 Å². The van der Waals surface area contributed by atoms with E-state index in [1.165, 1.54) is 19.1 Å². The van der Waals surface area contributed by atoms with Crippen molar-refractivity contribution in [2.24, 2.45) is 5.73 Å². The van der Waals surface area contributed by atoms with E-state index in [0.717, 1.165) is 6.07 Å². The highest BCUT2D eigenvalue weighted by Crippen LogP contribution is 2.13. The van der Waals surface area contributed by atoms with Gasteiger partial charge < -0.3 is 20.9 Å². The summed E-state index contributed by atoms with van der Waals surface area (Å²) in [6.45, 7) is 1.28. The molecule has 5 nitrogen and oxygen atoms in total. The Balaban J connectivity index is 2.98. The fourth-order valence-electron chi connectivity index (χ4n) is 1.34. The first-order valence-corrected chi connectivity index (χ1v) is 4.91. The van der Waals surface area contributed by atoms with Gasteiger partial charge in [-0.3, -0.25) is 4.79 Å². The van der Waals surface area contributed by atoms with E-state index in [0.29, 0.717) is 0 Å². The van der Waals surface area contributed by atoms with E-state index in [9.17, 15) is 9.18 Å². The van der Waals surface area contributed by atoms with Crippen LogP contribution >= 0.6 is 0 Å². The van der Waals surface area contributed by atoms with Gasteiger partial charge in [-0.1, -0.05) is 12.1 Å². The molecule has 1 unspecified atom stereocenters. The lowest BCUT2D eigenvalue weighted by Crippen LogP contribution is -2.47. The van der Waals surface area contributed by atoms with Gasteiger partial charge in [-0.15, -0.1) is 0 Å². The molecule has 7 heteroatoms. The lowest BCUT2D eigenvalue weighted by atomic mass is 9.79. The van der Waals surface area contributed by atoms with Gasteiger partial charge in [0.25, 0.3) is 0 Å². The Hall–Kier alpha value is -1.44. The van der Waals surface area contributed by atoms with Gasteiger partial charge in [-0.05, 0) is 24.0 Å². The number of aliphatic carboxylic acids is 1. The average Bonchev–Trinajstić information content (AvgIpc) is 2.20. The summed E-state index contributed by atoms with van der Waals surface area (Å²) in [7, 11) is -1.76. The van der Waals surface area contributed by atoms with Crippen LogP contribution in [0.4, 0.5) is 4.39 Å². The van der Waals surface area contributed by atoms with Crippen LogP contribution in [0.2, 0.25) is 0 Å². The van der Waals surface area contributed by atoms with Gasteiger partial charge in [-0.25, -0.2) is 4.39 Å². The van der Waals surface area contributed by atoms with Gasteiger partial charge in [0.15, 0.2) is 0 Å². The molecule has 0 radical (unpaired) electrons. The molecule has 1 rings (SSSR count). The Bertz CT molecular complexity index is 436. The smallest absolute Gasteiger partial charge is 0.480 e. The standard InChI is InChI=1S/C10H13BFNO4/c1-10(13,9(14)15)5-6-2-3-7(11(16)17)4-8(6)12/h2-4,16-17H,5,13H2,1H3,(H,14,15). The molecular weight excluding hydrogens is 228 g/mol. The Morgan fingerprint density at radius 2 is 2.12 bits per heavy atom. The number of benzene rings is 1. The molecule has 0 bridgehead atoms. The summed E-state index contributed by atoms with van der Waals surface area (Å²) in [6, 6.07) is 3.54. The monoisotopic (exact) mass is 241 g/mol. The van der Waals surface area contributed by atoms with Crippen LogP contribution in [-0.4, -0.2) is 33.8 Å². The van der Waals surface area contributed by atoms with E-state index in [4.69, 9.17) is 20.9 Å². The molecule has 92 valence electrons. The molecular formula is C10H13BFNO4. The Morgan fingerprint density at radius 3 is 2.53 bits per heavy atom. The van der Waals surface area contributed by atoms with E-state index in [1.54, 1.807) is 0 Å². The zero-order valence-corrected chi connectivity index (χ0v) is 9.22. The molecule has 0 spiro atoms. The SMILES string of the molecule is CC(N)(Cc1ccc(B(O)O)cc1F)C(=O)O. The zero-order valence-electron chi connectivity index (χ0n) is 9.22. The molecule has 0 saturated carbocycles. The van der Waals surface area contributed by atoms with Gasteiger partial charge in [0, 0.05) is 6.42 Å². The van der Waals surface area contributed by atoms with Crippen molar-refractivity contribution in [3.05, 3.63) is 29.6 Å². The number of carboxylic acids is 1. The quantitative estimate of drug-likeness (QED) is 0.498. The van der Waals surface area contributed by atoms with Crippen molar-refractivity contribution in [2.45, 2.75) is 18.9 Å². The van der Waals surface area contributed by atoms with Gasteiger partial charge in [0.2, 0.25) is 0 Å². The third kappa shape index (κ3) is 3.26. The maximum absolute atomic E-state index is 13.5. The Labute approximate surface area is 97.8 Å². The van der Waals surface area contributed by atoms with Gasteiger partial charge in [0.1, 0.15) is 11.4 Å². The maximum Gasteiger partial charge on any atom is 0.488 e. The third-order valence-corrected chi connectivity index (χ3v) is 2.42. The molecule has 0 saturated heterocycles. The number of rotatable bonds is 4. The molecule has 0 aliphatic rings. The number of carboxylic acid groups (broad SMARTS) is 1. The fourth-order valence-corrected chi connectivity index (χ4v) is 1.34. The Kier molecular flexibility index (Phi) is 3.87. The topological polar surface area (TPSA) is 104 Å². The summed E-state index contributed by atoms with van der Waals surface area (Å²) in [6.07, 6.45) is -0.185. The van der Waals surface area contributed by atoms with Crippen LogP contribution in [0.1, 0.15) is 12.5 Å². The Morgan fingerprint density at radius 1 is 1.53 bits per heavy atom. The predicted molar refractivity (Wildman–Crippen MR) is 60.2 cm³/mol. The molecule has 0 aromatic heterocycles. The van der Waals surface area contributed by atoms with E-state index >= 15 is 0 Å². The van der Waals surface area contributed by atoms with Crippen molar-refractivity contribution in [1.29, 1.82) is 0 Å².